The van der Waals surface area contributed by atoms with Gasteiger partial charge in [0.2, 0.25) is 11.9 Å². The molecular weight excluding hydrogens is 322 g/mol. The number of nitro groups is 1. The zero-order valence-corrected chi connectivity index (χ0v) is 13.3. The lowest BCUT2D eigenvalue weighted by atomic mass is 10.1. The van der Waals surface area contributed by atoms with E-state index in [1.54, 1.807) is 54.6 Å². The van der Waals surface area contributed by atoms with Gasteiger partial charge in [0.1, 0.15) is 12.0 Å². The van der Waals surface area contributed by atoms with Crippen molar-refractivity contribution in [3.05, 3.63) is 76.3 Å². The highest BCUT2D eigenvalue weighted by atomic mass is 16.6. The molecule has 0 unspecified atom stereocenters. The van der Waals surface area contributed by atoms with Gasteiger partial charge in [0.25, 0.3) is 5.91 Å². The molecule has 0 aliphatic heterocycles. The van der Waals surface area contributed by atoms with Crippen LogP contribution in [0.3, 0.4) is 0 Å². The number of para-hydroxylation sites is 1. The Bertz CT molecular complexity index is 779. The molecule has 0 heterocycles. The van der Waals surface area contributed by atoms with Crippen molar-refractivity contribution in [3.8, 4) is 0 Å². The van der Waals surface area contributed by atoms with Crippen LogP contribution < -0.4 is 10.6 Å². The van der Waals surface area contributed by atoms with Gasteiger partial charge in [-0.05, 0) is 17.7 Å². The maximum absolute atomic E-state index is 12.6. The largest absolute Gasteiger partial charge is 0.340 e. The summed E-state index contributed by atoms with van der Waals surface area (Å²) in [5, 5.41) is 16.1. The molecule has 2 aromatic rings. The Kier molecular flexibility index (Phi) is 4.74. The number of benzene rings is 2. The Labute approximate surface area is 144 Å². The summed E-state index contributed by atoms with van der Waals surface area (Å²) in [6.45, 7) is 0. The number of hydrogen-bond acceptors (Lipinski definition) is 4. The summed E-state index contributed by atoms with van der Waals surface area (Å²) in [4.78, 5) is 35.2. The van der Waals surface area contributed by atoms with Crippen LogP contribution in [0, 0.1) is 16.0 Å². The van der Waals surface area contributed by atoms with Crippen molar-refractivity contribution in [2.45, 2.75) is 18.5 Å². The summed E-state index contributed by atoms with van der Waals surface area (Å²) in [6.07, 6.45) is 0.209. The summed E-state index contributed by atoms with van der Waals surface area (Å²) in [5.74, 6) is -1.55. The molecule has 2 aromatic carbocycles. The predicted octanol–water partition coefficient (Wildman–Crippen LogP) is 2.15. The van der Waals surface area contributed by atoms with Crippen molar-refractivity contribution < 1.29 is 14.5 Å². The lowest BCUT2D eigenvalue weighted by Gasteiger charge is -2.18. The molecule has 0 saturated heterocycles. The van der Waals surface area contributed by atoms with E-state index in [0.29, 0.717) is 11.3 Å². The fraction of sp³-hybridized carbons (Fsp3) is 0.222. The number of nitrogens with zero attached hydrogens (tertiary/aromatic N) is 1. The maximum atomic E-state index is 12.6. The average Bonchev–Trinajstić information content (AvgIpc) is 3.42. The van der Waals surface area contributed by atoms with E-state index in [1.807, 2.05) is 6.07 Å². The van der Waals surface area contributed by atoms with Crippen LogP contribution in [0.5, 0.6) is 0 Å². The number of carbonyl (C=O) groups is 2. The zero-order chi connectivity index (χ0) is 17.8. The monoisotopic (exact) mass is 339 g/mol. The topological polar surface area (TPSA) is 101 Å². The van der Waals surface area contributed by atoms with E-state index in [4.69, 9.17) is 0 Å². The first-order valence-electron chi connectivity index (χ1n) is 7.91. The van der Waals surface area contributed by atoms with E-state index in [1.165, 1.54) is 0 Å². The van der Waals surface area contributed by atoms with E-state index in [2.05, 4.69) is 10.6 Å². The zero-order valence-electron chi connectivity index (χ0n) is 13.3. The summed E-state index contributed by atoms with van der Waals surface area (Å²) in [6, 6.07) is 15.9. The molecule has 0 bridgehead atoms. The quantitative estimate of drug-likeness (QED) is 0.622. The van der Waals surface area contributed by atoms with Gasteiger partial charge in [-0.25, -0.2) is 0 Å². The van der Waals surface area contributed by atoms with Crippen molar-refractivity contribution >= 4 is 17.5 Å². The minimum atomic E-state index is -0.915. The van der Waals surface area contributed by atoms with Crippen LogP contribution in [0.15, 0.2) is 60.7 Å². The second kappa shape index (κ2) is 7.12. The molecule has 0 spiro atoms. The van der Waals surface area contributed by atoms with E-state index < -0.39 is 34.7 Å². The van der Waals surface area contributed by atoms with Gasteiger partial charge in [0, 0.05) is 17.0 Å². The lowest BCUT2D eigenvalue weighted by molar-refractivity contribution is -0.497. The third-order valence-electron chi connectivity index (χ3n) is 4.09. The third kappa shape index (κ3) is 4.00. The highest BCUT2D eigenvalue weighted by molar-refractivity contribution is 5.98. The van der Waals surface area contributed by atoms with Gasteiger partial charge in [0.15, 0.2) is 0 Å². The highest BCUT2D eigenvalue weighted by Crippen LogP contribution is 2.33. The molecule has 1 saturated carbocycles. The molecular formula is C18H17N3O4. The summed E-state index contributed by atoms with van der Waals surface area (Å²) in [5.41, 5.74) is 1.22. The van der Waals surface area contributed by atoms with Gasteiger partial charge in [-0.2, -0.15) is 0 Å². The van der Waals surface area contributed by atoms with Crippen LogP contribution in [0.4, 0.5) is 5.69 Å². The van der Waals surface area contributed by atoms with Crippen molar-refractivity contribution in [2.75, 3.05) is 5.32 Å². The third-order valence-corrected chi connectivity index (χ3v) is 4.09. The van der Waals surface area contributed by atoms with E-state index in [-0.39, 0.29) is 6.42 Å². The van der Waals surface area contributed by atoms with Crippen molar-refractivity contribution in [3.63, 3.8) is 0 Å². The van der Waals surface area contributed by atoms with Gasteiger partial charge in [0.05, 0.1) is 0 Å². The molecule has 3 atom stereocenters. The summed E-state index contributed by atoms with van der Waals surface area (Å²) < 4.78 is 0. The van der Waals surface area contributed by atoms with Crippen LogP contribution in [-0.4, -0.2) is 22.8 Å². The normalized spacial score (nSPS) is 19.5. The first-order chi connectivity index (χ1) is 12.1. The molecule has 2 N–H and O–H groups in total. The predicted molar refractivity (Wildman–Crippen MR) is 91.3 cm³/mol. The van der Waals surface area contributed by atoms with Gasteiger partial charge in [-0.1, -0.05) is 48.5 Å². The Morgan fingerprint density at radius 2 is 1.64 bits per heavy atom. The minimum Gasteiger partial charge on any atom is -0.340 e. The number of amides is 2. The number of carbonyl (C=O) groups excluding carboxylic acids is 2. The molecule has 7 nitrogen and oxygen atoms in total. The average molecular weight is 339 g/mol. The Hall–Kier alpha value is -3.22. The van der Waals surface area contributed by atoms with Crippen molar-refractivity contribution in [2.24, 2.45) is 5.92 Å². The molecule has 3 rings (SSSR count). The Morgan fingerprint density at radius 1 is 1.04 bits per heavy atom. The fourth-order valence-corrected chi connectivity index (χ4v) is 2.63. The fourth-order valence-electron chi connectivity index (χ4n) is 2.63. The first kappa shape index (κ1) is 16.6. The van der Waals surface area contributed by atoms with Gasteiger partial charge in [-0.3, -0.25) is 19.7 Å². The molecule has 0 aromatic heterocycles. The second-order valence-corrected chi connectivity index (χ2v) is 5.90. The summed E-state index contributed by atoms with van der Waals surface area (Å²) in [7, 11) is 0. The van der Waals surface area contributed by atoms with Crippen LogP contribution in [0.25, 0.3) is 0 Å². The minimum absolute atomic E-state index is 0.209. The van der Waals surface area contributed by atoms with Gasteiger partial charge < -0.3 is 10.6 Å². The molecule has 2 amide bonds. The Balaban J connectivity index is 1.75. The van der Waals surface area contributed by atoms with Crippen molar-refractivity contribution in [1.82, 2.24) is 5.32 Å². The number of anilines is 1. The molecule has 0 radical (unpaired) electrons. The number of hydrogen-bond donors (Lipinski definition) is 2. The van der Waals surface area contributed by atoms with Crippen LogP contribution in [0.2, 0.25) is 0 Å². The number of nitrogens with one attached hydrogen (secondary N) is 2. The highest BCUT2D eigenvalue weighted by Gasteiger charge is 2.53. The van der Waals surface area contributed by atoms with Gasteiger partial charge >= 0.3 is 0 Å². The Morgan fingerprint density at radius 3 is 2.20 bits per heavy atom. The maximum Gasteiger partial charge on any atom is 0.251 e. The first-order valence-corrected chi connectivity index (χ1v) is 7.91. The molecule has 7 heteroatoms. The van der Waals surface area contributed by atoms with Crippen LogP contribution >= 0.6 is 0 Å². The van der Waals surface area contributed by atoms with E-state index >= 15 is 0 Å². The molecule has 25 heavy (non-hydrogen) atoms. The van der Waals surface area contributed by atoms with Crippen molar-refractivity contribution in [1.29, 1.82) is 0 Å². The molecule has 1 aliphatic rings. The second-order valence-electron chi connectivity index (χ2n) is 5.90. The molecule has 1 aliphatic carbocycles. The SMILES string of the molecule is O=C(N[C@@H](C(=O)Nc1ccccc1)c1ccccc1)[C@H]1C[C@@H]1[N+](=O)[O-]. The van der Waals surface area contributed by atoms with Crippen LogP contribution in [0.1, 0.15) is 18.0 Å². The van der Waals surface area contributed by atoms with Crippen LogP contribution in [-0.2, 0) is 9.59 Å². The summed E-state index contributed by atoms with van der Waals surface area (Å²) >= 11 is 0. The lowest BCUT2D eigenvalue weighted by Crippen LogP contribution is -2.38. The standard InChI is InChI=1S/C18H17N3O4/c22-17(14-11-15(14)21(24)25)20-16(12-7-3-1-4-8-12)18(23)19-13-9-5-2-6-10-13/h1-10,14-16H,11H2,(H,19,23)(H,20,22)/t14-,15-,16+/m0/s1. The van der Waals surface area contributed by atoms with E-state index in [9.17, 15) is 19.7 Å². The number of rotatable bonds is 6. The smallest absolute Gasteiger partial charge is 0.251 e. The van der Waals surface area contributed by atoms with E-state index in [0.717, 1.165) is 0 Å². The molecule has 128 valence electrons. The molecule has 1 fully saturated rings. The van der Waals surface area contributed by atoms with Gasteiger partial charge in [-0.15, -0.1) is 0 Å².